The predicted octanol–water partition coefficient (Wildman–Crippen LogP) is 2.66. The normalized spacial score (nSPS) is 10.7. The summed E-state index contributed by atoms with van der Waals surface area (Å²) in [4.78, 5) is 2.32. The van der Waals surface area contributed by atoms with Crippen LogP contribution in [0.4, 0.5) is 0 Å². The third kappa shape index (κ3) is 4.76. The van der Waals surface area contributed by atoms with E-state index < -0.39 is 0 Å². The molecule has 118 valence electrons. The molecule has 0 amide bonds. The summed E-state index contributed by atoms with van der Waals surface area (Å²) in [5.74, 6) is 1.76. The highest BCUT2D eigenvalue weighted by Gasteiger charge is 2.08. The number of nitrogens with zero attached hydrogens (tertiary/aromatic N) is 1. The van der Waals surface area contributed by atoms with E-state index in [2.05, 4.69) is 29.2 Å². The Balaban J connectivity index is 2.08. The van der Waals surface area contributed by atoms with Gasteiger partial charge in [-0.25, -0.2) is 0 Å². The average molecular weight is 300 g/mol. The van der Waals surface area contributed by atoms with Gasteiger partial charge in [-0.05, 0) is 35.4 Å². The van der Waals surface area contributed by atoms with E-state index in [9.17, 15) is 0 Å². The topological polar surface area (TPSA) is 47.7 Å². The van der Waals surface area contributed by atoms with E-state index in [1.54, 1.807) is 14.2 Å². The minimum absolute atomic E-state index is 0.633. The van der Waals surface area contributed by atoms with Crippen molar-refractivity contribution < 1.29 is 9.47 Å². The first-order valence-electron chi connectivity index (χ1n) is 7.43. The molecule has 0 unspecified atom stereocenters. The van der Waals surface area contributed by atoms with Gasteiger partial charge in [0.2, 0.25) is 0 Å². The van der Waals surface area contributed by atoms with Gasteiger partial charge in [-0.2, -0.15) is 0 Å². The van der Waals surface area contributed by atoms with Crippen LogP contribution in [0, 0.1) is 0 Å². The second-order valence-electron chi connectivity index (χ2n) is 5.20. The summed E-state index contributed by atoms with van der Waals surface area (Å²) < 4.78 is 10.6. The lowest BCUT2D eigenvalue weighted by Crippen LogP contribution is -2.28. The Morgan fingerprint density at radius 1 is 0.864 bits per heavy atom. The Labute approximate surface area is 132 Å². The van der Waals surface area contributed by atoms with Crippen LogP contribution in [0.5, 0.6) is 11.5 Å². The van der Waals surface area contributed by atoms with E-state index in [1.807, 2.05) is 24.3 Å². The van der Waals surface area contributed by atoms with Crippen molar-refractivity contribution in [3.63, 3.8) is 0 Å². The van der Waals surface area contributed by atoms with E-state index in [1.165, 1.54) is 11.1 Å². The van der Waals surface area contributed by atoms with Crippen molar-refractivity contribution in [3.8, 4) is 11.5 Å². The van der Waals surface area contributed by atoms with Crippen molar-refractivity contribution in [2.45, 2.75) is 13.1 Å². The van der Waals surface area contributed by atoms with Gasteiger partial charge < -0.3 is 15.2 Å². The van der Waals surface area contributed by atoms with Gasteiger partial charge in [0.15, 0.2) is 0 Å². The lowest BCUT2D eigenvalue weighted by Gasteiger charge is -2.22. The van der Waals surface area contributed by atoms with E-state index >= 15 is 0 Å². The van der Waals surface area contributed by atoms with Crippen LogP contribution >= 0.6 is 0 Å². The van der Waals surface area contributed by atoms with Gasteiger partial charge in [-0.1, -0.05) is 24.3 Å². The molecule has 0 radical (unpaired) electrons. The molecule has 2 rings (SSSR count). The van der Waals surface area contributed by atoms with E-state index in [0.717, 1.165) is 31.1 Å². The number of ether oxygens (including phenoxy) is 2. The maximum atomic E-state index is 5.76. The second kappa shape index (κ2) is 8.41. The summed E-state index contributed by atoms with van der Waals surface area (Å²) in [6.07, 6.45) is 0. The summed E-state index contributed by atoms with van der Waals surface area (Å²) in [6, 6.07) is 16.3. The fraction of sp³-hybridized carbons (Fsp3) is 0.333. The average Bonchev–Trinajstić information content (AvgIpc) is 2.55. The zero-order valence-corrected chi connectivity index (χ0v) is 13.3. The number of rotatable bonds is 8. The maximum absolute atomic E-state index is 5.76. The Morgan fingerprint density at radius 2 is 1.36 bits per heavy atom. The van der Waals surface area contributed by atoms with Crippen molar-refractivity contribution in [2.75, 3.05) is 27.3 Å². The van der Waals surface area contributed by atoms with E-state index in [-0.39, 0.29) is 0 Å². The van der Waals surface area contributed by atoms with Crippen LogP contribution in [0.25, 0.3) is 0 Å². The molecule has 0 spiro atoms. The number of methoxy groups -OCH3 is 2. The van der Waals surface area contributed by atoms with E-state index in [0.29, 0.717) is 6.54 Å². The minimum Gasteiger partial charge on any atom is -0.497 e. The Kier molecular flexibility index (Phi) is 6.25. The van der Waals surface area contributed by atoms with Crippen LogP contribution < -0.4 is 15.2 Å². The number of hydrogen-bond donors (Lipinski definition) is 1. The largest absolute Gasteiger partial charge is 0.497 e. The summed E-state index contributed by atoms with van der Waals surface area (Å²) in [6.45, 7) is 3.15. The third-order valence-corrected chi connectivity index (χ3v) is 3.53. The SMILES string of the molecule is COc1cccc(CN(CCN)Cc2cccc(OC)c2)c1. The summed E-state index contributed by atoms with van der Waals surface area (Å²) >= 11 is 0. The molecule has 0 aliphatic heterocycles. The fourth-order valence-corrected chi connectivity index (χ4v) is 2.45. The van der Waals surface area contributed by atoms with Crippen molar-refractivity contribution in [1.29, 1.82) is 0 Å². The van der Waals surface area contributed by atoms with Crippen LogP contribution in [0.3, 0.4) is 0 Å². The molecular formula is C18H24N2O2. The van der Waals surface area contributed by atoms with Crippen molar-refractivity contribution >= 4 is 0 Å². The predicted molar refractivity (Wildman–Crippen MR) is 89.2 cm³/mol. The molecule has 0 saturated heterocycles. The third-order valence-electron chi connectivity index (χ3n) is 3.53. The van der Waals surface area contributed by atoms with Crippen LogP contribution in [-0.2, 0) is 13.1 Å². The highest BCUT2D eigenvalue weighted by atomic mass is 16.5. The Bertz CT molecular complexity index is 537. The van der Waals surface area contributed by atoms with Gasteiger partial charge in [0, 0.05) is 26.2 Å². The number of nitrogens with two attached hydrogens (primary N) is 1. The zero-order chi connectivity index (χ0) is 15.8. The summed E-state index contributed by atoms with van der Waals surface area (Å²) in [5, 5.41) is 0. The first-order chi connectivity index (χ1) is 10.7. The molecular weight excluding hydrogens is 276 g/mol. The van der Waals surface area contributed by atoms with Crippen LogP contribution in [0.2, 0.25) is 0 Å². The molecule has 0 aliphatic rings. The quantitative estimate of drug-likeness (QED) is 0.814. The molecule has 0 atom stereocenters. The molecule has 4 heteroatoms. The van der Waals surface area contributed by atoms with Crippen molar-refractivity contribution in [1.82, 2.24) is 4.90 Å². The zero-order valence-electron chi connectivity index (χ0n) is 13.3. The summed E-state index contributed by atoms with van der Waals surface area (Å²) in [7, 11) is 3.38. The van der Waals surface area contributed by atoms with Gasteiger partial charge in [0.25, 0.3) is 0 Å². The first-order valence-corrected chi connectivity index (χ1v) is 7.43. The van der Waals surface area contributed by atoms with Gasteiger partial charge >= 0.3 is 0 Å². The first kappa shape index (κ1) is 16.3. The van der Waals surface area contributed by atoms with Crippen LogP contribution in [0.15, 0.2) is 48.5 Å². The molecule has 2 aromatic rings. The van der Waals surface area contributed by atoms with Gasteiger partial charge in [-0.3, -0.25) is 4.90 Å². The number of hydrogen-bond acceptors (Lipinski definition) is 4. The minimum atomic E-state index is 0.633. The number of benzene rings is 2. The molecule has 2 aromatic carbocycles. The lowest BCUT2D eigenvalue weighted by atomic mass is 10.1. The Hall–Kier alpha value is -2.04. The standard InChI is InChI=1S/C18H24N2O2/c1-21-17-7-3-5-15(11-17)13-20(10-9-19)14-16-6-4-8-18(12-16)22-2/h3-8,11-12H,9-10,13-14,19H2,1-2H3. The molecule has 0 aromatic heterocycles. The van der Waals surface area contributed by atoms with Crippen LogP contribution in [-0.4, -0.2) is 32.2 Å². The molecule has 0 bridgehead atoms. The second-order valence-corrected chi connectivity index (χ2v) is 5.20. The van der Waals surface area contributed by atoms with Crippen molar-refractivity contribution in [2.24, 2.45) is 5.73 Å². The van der Waals surface area contributed by atoms with Gasteiger partial charge in [-0.15, -0.1) is 0 Å². The molecule has 0 heterocycles. The fourth-order valence-electron chi connectivity index (χ4n) is 2.45. The maximum Gasteiger partial charge on any atom is 0.119 e. The van der Waals surface area contributed by atoms with Crippen molar-refractivity contribution in [3.05, 3.63) is 59.7 Å². The lowest BCUT2D eigenvalue weighted by molar-refractivity contribution is 0.263. The van der Waals surface area contributed by atoms with E-state index in [4.69, 9.17) is 15.2 Å². The summed E-state index contributed by atoms with van der Waals surface area (Å²) in [5.41, 5.74) is 8.19. The Morgan fingerprint density at radius 3 is 1.77 bits per heavy atom. The molecule has 4 nitrogen and oxygen atoms in total. The molecule has 22 heavy (non-hydrogen) atoms. The van der Waals surface area contributed by atoms with Crippen LogP contribution in [0.1, 0.15) is 11.1 Å². The smallest absolute Gasteiger partial charge is 0.119 e. The molecule has 0 saturated carbocycles. The van der Waals surface area contributed by atoms with Gasteiger partial charge in [0.1, 0.15) is 11.5 Å². The van der Waals surface area contributed by atoms with Gasteiger partial charge in [0.05, 0.1) is 14.2 Å². The highest BCUT2D eigenvalue weighted by Crippen LogP contribution is 2.17. The molecule has 0 aliphatic carbocycles. The molecule has 2 N–H and O–H groups in total. The highest BCUT2D eigenvalue weighted by molar-refractivity contribution is 5.30. The monoisotopic (exact) mass is 300 g/mol. The molecule has 0 fully saturated rings.